The lowest BCUT2D eigenvalue weighted by atomic mass is 9.86. The minimum Gasteiger partial charge on any atom is -0.463 e. The van der Waals surface area contributed by atoms with Gasteiger partial charge in [0.2, 0.25) is 11.8 Å². The number of ether oxygens (including phenoxy) is 1. The van der Waals surface area contributed by atoms with E-state index >= 15 is 0 Å². The molecule has 0 unspecified atom stereocenters. The van der Waals surface area contributed by atoms with E-state index < -0.39 is 0 Å². The highest BCUT2D eigenvalue weighted by Crippen LogP contribution is 2.32. The van der Waals surface area contributed by atoms with Crippen molar-refractivity contribution in [1.82, 2.24) is 9.97 Å². The maximum Gasteiger partial charge on any atom is 0.302 e. The van der Waals surface area contributed by atoms with Crippen molar-refractivity contribution in [3.05, 3.63) is 79.5 Å². The number of amides is 2. The maximum atomic E-state index is 12.5. The largest absolute Gasteiger partial charge is 0.463 e. The zero-order valence-corrected chi connectivity index (χ0v) is 26.7. The van der Waals surface area contributed by atoms with Crippen molar-refractivity contribution in [2.24, 2.45) is 17.6 Å². The topological polar surface area (TPSA) is 176 Å². The van der Waals surface area contributed by atoms with Gasteiger partial charge in [-0.25, -0.2) is 0 Å². The van der Waals surface area contributed by atoms with Gasteiger partial charge in [-0.1, -0.05) is 23.2 Å². The molecule has 0 saturated heterocycles. The van der Waals surface area contributed by atoms with Crippen LogP contribution in [0.5, 0.6) is 0 Å². The van der Waals surface area contributed by atoms with Crippen LogP contribution in [0.3, 0.4) is 0 Å². The van der Waals surface area contributed by atoms with Gasteiger partial charge in [0.05, 0.1) is 21.4 Å². The maximum absolute atomic E-state index is 12.5. The van der Waals surface area contributed by atoms with Crippen molar-refractivity contribution in [3.63, 3.8) is 0 Å². The number of hydrogen-bond donors (Lipinski definition) is 5. The average Bonchev–Trinajstić information content (AvgIpc) is 3.46. The van der Waals surface area contributed by atoms with Crippen LogP contribution < -0.4 is 27.5 Å². The van der Waals surface area contributed by atoms with Crippen LogP contribution in [0.2, 0.25) is 10.0 Å². The second-order valence-corrected chi connectivity index (χ2v) is 12.6. The Hall–Kier alpha value is -4.19. The SMILES string of the molecule is CC(=O)OC1CCC(C(=O)Nc2cc3cc[nH]c(=O)c3cc2Cl)CC1.N[C@H]1CC[C@@H](C(=O)Nc2cc3cc[nH]c(=O)c3cc2Cl)C1. The summed E-state index contributed by atoms with van der Waals surface area (Å²) in [7, 11) is 0. The number of esters is 1. The number of carbonyl (C=O) groups excluding carboxylic acids is 3. The molecule has 2 atom stereocenters. The number of nitrogens with two attached hydrogens (primary N) is 1. The number of carbonyl (C=O) groups is 3. The molecule has 2 heterocycles. The van der Waals surface area contributed by atoms with Gasteiger partial charge in [0, 0.05) is 48.0 Å². The first kappa shape index (κ1) is 33.2. The molecule has 2 aromatic heterocycles. The molecule has 13 heteroatoms. The van der Waals surface area contributed by atoms with Gasteiger partial charge in [0.1, 0.15) is 6.10 Å². The predicted molar refractivity (Wildman–Crippen MR) is 179 cm³/mol. The van der Waals surface area contributed by atoms with E-state index in [1.54, 1.807) is 48.8 Å². The first-order valence-corrected chi connectivity index (χ1v) is 15.9. The summed E-state index contributed by atoms with van der Waals surface area (Å²) < 4.78 is 5.19. The summed E-state index contributed by atoms with van der Waals surface area (Å²) in [5, 5.41) is 8.81. The third-order valence-electron chi connectivity index (χ3n) is 8.46. The van der Waals surface area contributed by atoms with Crippen LogP contribution in [0.15, 0.2) is 58.4 Å². The number of aromatic amines is 2. The smallest absolute Gasteiger partial charge is 0.302 e. The van der Waals surface area contributed by atoms with Crippen LogP contribution >= 0.6 is 23.2 Å². The number of benzene rings is 2. The average molecular weight is 669 g/mol. The Bertz CT molecular complexity index is 1900. The van der Waals surface area contributed by atoms with Crippen LogP contribution in [0.4, 0.5) is 11.4 Å². The number of rotatable bonds is 5. The number of hydrogen-bond acceptors (Lipinski definition) is 7. The molecule has 0 radical (unpaired) electrons. The minimum absolute atomic E-state index is 0.0611. The molecule has 11 nitrogen and oxygen atoms in total. The highest BCUT2D eigenvalue weighted by atomic mass is 35.5. The fourth-order valence-corrected chi connectivity index (χ4v) is 6.43. The summed E-state index contributed by atoms with van der Waals surface area (Å²) in [6.07, 6.45) is 8.09. The van der Waals surface area contributed by atoms with E-state index in [9.17, 15) is 24.0 Å². The standard InChI is InChI=1S/C18H19ClN2O4.C15H16ClN3O2/c1-10(22)25-13-4-2-11(3-5-13)17(23)21-16-8-12-6-7-20-18(24)14(12)9-15(16)19;16-12-7-11-8(3-4-18-15(11)21)6-13(12)19-14(20)9-1-2-10(17)5-9/h6-9,11,13H,2-5H2,1H3,(H,20,24)(H,21,23);3-4,6-7,9-10H,1-2,5,17H2,(H,18,21)(H,19,20)/t;9-,10+/m.1/s1. The number of H-pyrrole nitrogens is 2. The van der Waals surface area contributed by atoms with E-state index in [2.05, 4.69) is 20.6 Å². The Morgan fingerprint density at radius 2 is 1.24 bits per heavy atom. The molecule has 6 N–H and O–H groups in total. The third-order valence-corrected chi connectivity index (χ3v) is 9.09. The number of fused-ring (bicyclic) bond motifs is 2. The summed E-state index contributed by atoms with van der Waals surface area (Å²) >= 11 is 12.4. The highest BCUT2D eigenvalue weighted by molar-refractivity contribution is 6.35. The quantitative estimate of drug-likeness (QED) is 0.175. The first-order chi connectivity index (χ1) is 22.0. The van der Waals surface area contributed by atoms with Crippen molar-refractivity contribution in [2.75, 3.05) is 10.6 Å². The van der Waals surface area contributed by atoms with Gasteiger partial charge in [-0.3, -0.25) is 24.0 Å². The van der Waals surface area contributed by atoms with E-state index in [1.165, 1.54) is 6.92 Å². The monoisotopic (exact) mass is 667 g/mol. The molecule has 2 aliphatic rings. The molecular weight excluding hydrogens is 633 g/mol. The van der Waals surface area contributed by atoms with Crippen molar-refractivity contribution in [1.29, 1.82) is 0 Å². The Morgan fingerprint density at radius 1 is 0.761 bits per heavy atom. The van der Waals surface area contributed by atoms with Gasteiger partial charge >= 0.3 is 5.97 Å². The van der Waals surface area contributed by atoms with Gasteiger partial charge in [-0.15, -0.1) is 0 Å². The fourth-order valence-electron chi connectivity index (χ4n) is 6.01. The van der Waals surface area contributed by atoms with Crippen LogP contribution in [0.1, 0.15) is 51.9 Å². The Kier molecular flexibility index (Phi) is 10.5. The normalized spacial score (nSPS) is 20.9. The van der Waals surface area contributed by atoms with E-state index in [0.717, 1.165) is 18.2 Å². The van der Waals surface area contributed by atoms with Crippen LogP contribution in [-0.4, -0.2) is 39.9 Å². The summed E-state index contributed by atoms with van der Waals surface area (Å²) in [5.74, 6) is -0.657. The highest BCUT2D eigenvalue weighted by Gasteiger charge is 2.29. The molecule has 0 aliphatic heterocycles. The second kappa shape index (κ2) is 14.5. The predicted octanol–water partition coefficient (Wildman–Crippen LogP) is 5.49. The zero-order valence-electron chi connectivity index (χ0n) is 25.2. The molecule has 6 rings (SSSR count). The lowest BCUT2D eigenvalue weighted by molar-refractivity contribution is -0.148. The summed E-state index contributed by atoms with van der Waals surface area (Å²) in [6, 6.07) is 10.2. The number of pyridine rings is 2. The van der Waals surface area contributed by atoms with Crippen LogP contribution in [0.25, 0.3) is 21.5 Å². The van der Waals surface area contributed by atoms with E-state index in [4.69, 9.17) is 33.7 Å². The summed E-state index contributed by atoms with van der Waals surface area (Å²) in [4.78, 5) is 64.4. The molecule has 4 aromatic rings. The first-order valence-electron chi connectivity index (χ1n) is 15.1. The lowest BCUT2D eigenvalue weighted by Crippen LogP contribution is -2.30. The van der Waals surface area contributed by atoms with Gasteiger partial charge in [0.25, 0.3) is 11.1 Å². The van der Waals surface area contributed by atoms with E-state index in [0.29, 0.717) is 69.7 Å². The number of aromatic nitrogens is 2. The Morgan fingerprint density at radius 3 is 1.70 bits per heavy atom. The number of halogens is 2. The zero-order chi connectivity index (χ0) is 33.0. The van der Waals surface area contributed by atoms with Crippen LogP contribution in [-0.2, 0) is 19.1 Å². The molecule has 2 aromatic carbocycles. The van der Waals surface area contributed by atoms with Gasteiger partial charge in [-0.2, -0.15) is 0 Å². The molecule has 2 amide bonds. The molecule has 2 fully saturated rings. The Balaban J connectivity index is 0.000000184. The number of nitrogens with one attached hydrogen (secondary N) is 4. The van der Waals surface area contributed by atoms with Gasteiger partial charge in [-0.05, 0) is 92.1 Å². The molecule has 2 aliphatic carbocycles. The van der Waals surface area contributed by atoms with E-state index in [-0.39, 0.29) is 52.9 Å². The number of anilines is 2. The van der Waals surface area contributed by atoms with E-state index in [1.807, 2.05) is 0 Å². The van der Waals surface area contributed by atoms with Crippen molar-refractivity contribution in [2.45, 2.75) is 64.0 Å². The summed E-state index contributed by atoms with van der Waals surface area (Å²) in [6.45, 7) is 1.39. The molecule has 242 valence electrons. The van der Waals surface area contributed by atoms with Crippen molar-refractivity contribution in [3.8, 4) is 0 Å². The molecular formula is C33H35Cl2N5O6. The molecule has 0 spiro atoms. The lowest BCUT2D eigenvalue weighted by Gasteiger charge is -2.27. The Labute approximate surface area is 274 Å². The van der Waals surface area contributed by atoms with Gasteiger partial charge < -0.3 is 31.1 Å². The fraction of sp³-hybridized carbons (Fsp3) is 0.364. The summed E-state index contributed by atoms with van der Waals surface area (Å²) in [5.41, 5.74) is 6.43. The van der Waals surface area contributed by atoms with Gasteiger partial charge in [0.15, 0.2) is 0 Å². The van der Waals surface area contributed by atoms with Crippen molar-refractivity contribution < 1.29 is 19.1 Å². The van der Waals surface area contributed by atoms with Crippen LogP contribution in [0, 0.1) is 11.8 Å². The molecule has 46 heavy (non-hydrogen) atoms. The molecule has 2 saturated carbocycles. The third kappa shape index (κ3) is 7.96. The second-order valence-electron chi connectivity index (χ2n) is 11.8. The molecule has 0 bridgehead atoms. The minimum atomic E-state index is -0.286. The van der Waals surface area contributed by atoms with Crippen molar-refractivity contribution >= 4 is 73.9 Å².